The molecule has 0 fully saturated rings. The van der Waals surface area contributed by atoms with Gasteiger partial charge in [0, 0.05) is 5.56 Å². The van der Waals surface area contributed by atoms with Crippen molar-refractivity contribution in [1.29, 1.82) is 0 Å². The standard InChI is InChI=1S/C17H19NO3S/c1-10-9-13(22-14(10)16(20)21)18-15(19)11-5-7-12(8-6-11)17(2,3)4/h5-9H,1-4H3,(H,18,19)(H,20,21). The third-order valence-corrected chi connectivity index (χ3v) is 4.50. The van der Waals surface area contributed by atoms with Gasteiger partial charge in [-0.1, -0.05) is 32.9 Å². The van der Waals surface area contributed by atoms with Gasteiger partial charge in [0.2, 0.25) is 0 Å². The molecule has 0 saturated carbocycles. The molecule has 0 aliphatic rings. The van der Waals surface area contributed by atoms with Crippen LogP contribution in [0.25, 0.3) is 0 Å². The minimum Gasteiger partial charge on any atom is -0.477 e. The molecule has 4 nitrogen and oxygen atoms in total. The minimum absolute atomic E-state index is 0.0380. The maximum Gasteiger partial charge on any atom is 0.346 e. The normalized spacial score (nSPS) is 11.3. The second-order valence-electron chi connectivity index (χ2n) is 6.21. The zero-order chi connectivity index (χ0) is 16.5. The zero-order valence-electron chi connectivity index (χ0n) is 13.1. The molecule has 0 aliphatic heterocycles. The summed E-state index contributed by atoms with van der Waals surface area (Å²) in [6.45, 7) is 8.06. The molecule has 0 spiro atoms. The summed E-state index contributed by atoms with van der Waals surface area (Å²) in [6.07, 6.45) is 0. The van der Waals surface area contributed by atoms with E-state index in [-0.39, 0.29) is 16.2 Å². The molecule has 1 aromatic heterocycles. The first-order valence-corrected chi connectivity index (χ1v) is 7.76. The molecule has 0 bridgehead atoms. The van der Waals surface area contributed by atoms with Gasteiger partial charge >= 0.3 is 5.97 Å². The highest BCUT2D eigenvalue weighted by atomic mass is 32.1. The molecule has 5 heteroatoms. The lowest BCUT2D eigenvalue weighted by Crippen LogP contribution is -2.13. The van der Waals surface area contributed by atoms with Crippen molar-refractivity contribution in [3.05, 3.63) is 51.9 Å². The Balaban J connectivity index is 2.16. The first kappa shape index (κ1) is 16.2. The second-order valence-corrected chi connectivity index (χ2v) is 7.26. The topological polar surface area (TPSA) is 66.4 Å². The highest BCUT2D eigenvalue weighted by molar-refractivity contribution is 7.18. The number of carbonyl (C=O) groups excluding carboxylic acids is 1. The number of carboxylic acid groups (broad SMARTS) is 1. The molecule has 0 unspecified atom stereocenters. The minimum atomic E-state index is -0.975. The van der Waals surface area contributed by atoms with Crippen LogP contribution in [0.1, 0.15) is 51.9 Å². The van der Waals surface area contributed by atoms with Crippen molar-refractivity contribution in [2.75, 3.05) is 5.32 Å². The Bertz CT molecular complexity index is 708. The smallest absolute Gasteiger partial charge is 0.346 e. The van der Waals surface area contributed by atoms with Gasteiger partial charge < -0.3 is 10.4 Å². The van der Waals surface area contributed by atoms with Crippen molar-refractivity contribution in [2.24, 2.45) is 0 Å². The van der Waals surface area contributed by atoms with Gasteiger partial charge in [0.05, 0.1) is 5.00 Å². The van der Waals surface area contributed by atoms with Gasteiger partial charge in [-0.3, -0.25) is 4.79 Å². The Morgan fingerprint density at radius 1 is 1.14 bits per heavy atom. The number of nitrogens with one attached hydrogen (secondary N) is 1. The molecule has 0 saturated heterocycles. The summed E-state index contributed by atoms with van der Waals surface area (Å²) in [6, 6.07) is 9.13. The van der Waals surface area contributed by atoms with E-state index in [0.29, 0.717) is 16.1 Å². The maximum absolute atomic E-state index is 12.2. The van der Waals surface area contributed by atoms with Crippen LogP contribution >= 0.6 is 11.3 Å². The van der Waals surface area contributed by atoms with Crippen LogP contribution in [-0.2, 0) is 5.41 Å². The number of anilines is 1. The highest BCUT2D eigenvalue weighted by Gasteiger charge is 2.16. The number of carboxylic acids is 1. The number of amides is 1. The molecule has 2 N–H and O–H groups in total. The van der Waals surface area contributed by atoms with Crippen molar-refractivity contribution in [3.63, 3.8) is 0 Å². The van der Waals surface area contributed by atoms with Crippen molar-refractivity contribution in [1.82, 2.24) is 0 Å². The molecule has 2 aromatic rings. The van der Waals surface area contributed by atoms with E-state index in [4.69, 9.17) is 5.11 Å². The number of hydrogen-bond acceptors (Lipinski definition) is 3. The number of benzene rings is 1. The Labute approximate surface area is 133 Å². The monoisotopic (exact) mass is 317 g/mol. The largest absolute Gasteiger partial charge is 0.477 e. The summed E-state index contributed by atoms with van der Waals surface area (Å²) < 4.78 is 0. The molecule has 116 valence electrons. The molecule has 1 amide bonds. The van der Waals surface area contributed by atoms with Crippen molar-refractivity contribution < 1.29 is 14.7 Å². The van der Waals surface area contributed by atoms with E-state index < -0.39 is 5.97 Å². The molecule has 0 atom stereocenters. The average molecular weight is 317 g/mol. The van der Waals surface area contributed by atoms with Gasteiger partial charge in [-0.2, -0.15) is 0 Å². The van der Waals surface area contributed by atoms with Gasteiger partial charge in [-0.05, 0) is 41.7 Å². The first-order valence-electron chi connectivity index (χ1n) is 6.94. The summed E-state index contributed by atoms with van der Waals surface area (Å²) in [5.41, 5.74) is 2.40. The van der Waals surface area contributed by atoms with Crippen LogP contribution in [0.3, 0.4) is 0 Å². The molecule has 22 heavy (non-hydrogen) atoms. The van der Waals surface area contributed by atoms with Crippen LogP contribution in [0, 0.1) is 6.92 Å². The summed E-state index contributed by atoms with van der Waals surface area (Å²) in [5, 5.41) is 12.3. The van der Waals surface area contributed by atoms with E-state index in [2.05, 4.69) is 26.1 Å². The van der Waals surface area contributed by atoms with E-state index in [0.717, 1.165) is 16.9 Å². The maximum atomic E-state index is 12.2. The van der Waals surface area contributed by atoms with Crippen LogP contribution in [0.2, 0.25) is 0 Å². The van der Waals surface area contributed by atoms with E-state index in [1.807, 2.05) is 12.1 Å². The van der Waals surface area contributed by atoms with Crippen LogP contribution < -0.4 is 5.32 Å². The zero-order valence-corrected chi connectivity index (χ0v) is 13.9. The Kier molecular flexibility index (Phi) is 4.37. The average Bonchev–Trinajstić information content (AvgIpc) is 2.79. The van der Waals surface area contributed by atoms with Gasteiger partial charge in [0.1, 0.15) is 4.88 Å². The fourth-order valence-electron chi connectivity index (χ4n) is 2.06. The molecule has 0 radical (unpaired) electrons. The van der Waals surface area contributed by atoms with Gasteiger partial charge in [-0.25, -0.2) is 4.79 Å². The summed E-state index contributed by atoms with van der Waals surface area (Å²) in [5.74, 6) is -1.21. The Morgan fingerprint density at radius 2 is 1.73 bits per heavy atom. The van der Waals surface area contributed by atoms with Gasteiger partial charge in [-0.15, -0.1) is 11.3 Å². The fraction of sp³-hybridized carbons (Fsp3) is 0.294. The van der Waals surface area contributed by atoms with E-state index in [1.54, 1.807) is 25.1 Å². The van der Waals surface area contributed by atoms with E-state index >= 15 is 0 Å². The van der Waals surface area contributed by atoms with E-state index in [9.17, 15) is 9.59 Å². The number of aromatic carboxylic acids is 1. The van der Waals surface area contributed by atoms with Crippen molar-refractivity contribution in [3.8, 4) is 0 Å². The van der Waals surface area contributed by atoms with Crippen LogP contribution in [0.4, 0.5) is 5.00 Å². The quantitative estimate of drug-likeness (QED) is 0.886. The van der Waals surface area contributed by atoms with Gasteiger partial charge in [0.25, 0.3) is 5.91 Å². The number of thiophene rings is 1. The molecule has 1 aromatic carbocycles. The SMILES string of the molecule is Cc1cc(NC(=O)c2ccc(C(C)(C)C)cc2)sc1C(=O)O. The summed E-state index contributed by atoms with van der Waals surface area (Å²) >= 11 is 1.07. The lowest BCUT2D eigenvalue weighted by atomic mass is 9.87. The number of hydrogen-bond donors (Lipinski definition) is 2. The molecule has 1 heterocycles. The number of aryl methyl sites for hydroxylation is 1. The van der Waals surface area contributed by atoms with Crippen molar-refractivity contribution >= 4 is 28.2 Å². The Morgan fingerprint density at radius 3 is 2.18 bits per heavy atom. The summed E-state index contributed by atoms with van der Waals surface area (Å²) in [7, 11) is 0. The second kappa shape index (κ2) is 5.93. The van der Waals surface area contributed by atoms with Crippen LogP contribution in [0.5, 0.6) is 0 Å². The van der Waals surface area contributed by atoms with E-state index in [1.165, 1.54) is 0 Å². The summed E-state index contributed by atoms with van der Waals surface area (Å²) in [4.78, 5) is 23.5. The number of carbonyl (C=O) groups is 2. The predicted octanol–water partition coefficient (Wildman–Crippen LogP) is 4.30. The van der Waals surface area contributed by atoms with Crippen LogP contribution in [0.15, 0.2) is 30.3 Å². The van der Waals surface area contributed by atoms with Gasteiger partial charge in [0.15, 0.2) is 0 Å². The lowest BCUT2D eigenvalue weighted by molar-refractivity contribution is 0.0701. The Hall–Kier alpha value is -2.14. The molecular formula is C17H19NO3S. The predicted molar refractivity (Wildman–Crippen MR) is 89.1 cm³/mol. The third kappa shape index (κ3) is 3.54. The fourth-order valence-corrected chi connectivity index (χ4v) is 2.97. The van der Waals surface area contributed by atoms with Crippen molar-refractivity contribution in [2.45, 2.75) is 33.1 Å². The molecule has 0 aliphatic carbocycles. The third-order valence-electron chi connectivity index (χ3n) is 3.36. The highest BCUT2D eigenvalue weighted by Crippen LogP contribution is 2.27. The first-order chi connectivity index (χ1) is 10.2. The van der Waals surface area contributed by atoms with Crippen LogP contribution in [-0.4, -0.2) is 17.0 Å². The molecular weight excluding hydrogens is 298 g/mol. The lowest BCUT2D eigenvalue weighted by Gasteiger charge is -2.18. The number of rotatable bonds is 3. The molecule has 2 rings (SSSR count).